The Balaban J connectivity index is 2.13. The molecule has 19 heavy (non-hydrogen) atoms. The van der Waals surface area contributed by atoms with E-state index in [4.69, 9.17) is 9.05 Å². The second-order valence-corrected chi connectivity index (χ2v) is 5.80. The largest absolute Gasteiger partial charge is 0.444 e. The summed E-state index contributed by atoms with van der Waals surface area (Å²) in [5, 5.41) is 1.11. The van der Waals surface area contributed by atoms with Crippen molar-refractivity contribution >= 4 is 13.7 Å². The van der Waals surface area contributed by atoms with Gasteiger partial charge in [0, 0.05) is 5.30 Å². The third-order valence-electron chi connectivity index (χ3n) is 2.59. The van der Waals surface area contributed by atoms with Gasteiger partial charge in [-0.3, -0.25) is 0 Å². The first kappa shape index (κ1) is 14.0. The van der Waals surface area contributed by atoms with Crippen molar-refractivity contribution in [3.8, 4) is 5.75 Å². The van der Waals surface area contributed by atoms with Crippen LogP contribution in [-0.4, -0.2) is 6.61 Å². The van der Waals surface area contributed by atoms with E-state index in [1.54, 1.807) is 0 Å². The van der Waals surface area contributed by atoms with Gasteiger partial charge in [0.1, 0.15) is 5.75 Å². The van der Waals surface area contributed by atoms with Crippen LogP contribution in [0, 0.1) is 6.92 Å². The molecule has 1 atom stereocenters. The van der Waals surface area contributed by atoms with Crippen molar-refractivity contribution < 1.29 is 9.05 Å². The van der Waals surface area contributed by atoms with Gasteiger partial charge in [-0.25, -0.2) is 0 Å². The molecule has 2 nitrogen and oxygen atoms in total. The maximum absolute atomic E-state index is 5.99. The Bertz CT molecular complexity index is 482. The molecule has 0 aromatic heterocycles. The van der Waals surface area contributed by atoms with E-state index in [0.29, 0.717) is 6.61 Å². The predicted octanol–water partition coefficient (Wildman–Crippen LogP) is 4.44. The molecule has 3 heteroatoms. The summed E-state index contributed by atoms with van der Waals surface area (Å²) in [6.07, 6.45) is 0.989. The molecule has 0 fully saturated rings. The molecule has 0 radical (unpaired) electrons. The van der Waals surface area contributed by atoms with Gasteiger partial charge in [-0.05, 0) is 37.6 Å². The second-order valence-electron chi connectivity index (χ2n) is 4.33. The Morgan fingerprint density at radius 2 is 1.63 bits per heavy atom. The number of para-hydroxylation sites is 1. The van der Waals surface area contributed by atoms with Gasteiger partial charge in [-0.1, -0.05) is 42.8 Å². The maximum Gasteiger partial charge on any atom is 0.265 e. The fourth-order valence-corrected chi connectivity index (χ4v) is 2.93. The highest BCUT2D eigenvalue weighted by Gasteiger charge is 2.15. The van der Waals surface area contributed by atoms with E-state index in [1.165, 1.54) is 5.56 Å². The molecule has 0 N–H and O–H groups in total. The van der Waals surface area contributed by atoms with E-state index >= 15 is 0 Å². The Labute approximate surface area is 116 Å². The van der Waals surface area contributed by atoms with Gasteiger partial charge in [-0.15, -0.1) is 0 Å². The van der Waals surface area contributed by atoms with Crippen LogP contribution < -0.4 is 9.83 Å². The van der Waals surface area contributed by atoms with E-state index in [2.05, 4.69) is 38.1 Å². The third-order valence-corrected chi connectivity index (χ3v) is 4.10. The number of aryl methyl sites for hydroxylation is 1. The van der Waals surface area contributed by atoms with Crippen molar-refractivity contribution in [3.63, 3.8) is 0 Å². The van der Waals surface area contributed by atoms with Gasteiger partial charge in [0.2, 0.25) is 0 Å². The summed E-state index contributed by atoms with van der Waals surface area (Å²) in [6.45, 7) is 4.90. The van der Waals surface area contributed by atoms with Crippen molar-refractivity contribution in [3.05, 3.63) is 60.2 Å². The van der Waals surface area contributed by atoms with Gasteiger partial charge in [0.05, 0.1) is 6.61 Å². The van der Waals surface area contributed by atoms with Crippen LogP contribution in [0.2, 0.25) is 0 Å². The van der Waals surface area contributed by atoms with Crippen LogP contribution in [0.25, 0.3) is 0 Å². The smallest absolute Gasteiger partial charge is 0.265 e. The highest BCUT2D eigenvalue weighted by molar-refractivity contribution is 7.56. The summed E-state index contributed by atoms with van der Waals surface area (Å²) >= 11 is 0. The number of benzene rings is 2. The standard InChI is InChI=1S/C16H19O2P/c1-3-13-17-19(16-11-9-14(2)10-12-16)18-15-7-5-4-6-8-15/h4-12H,3,13H2,1-2H3. The van der Waals surface area contributed by atoms with Gasteiger partial charge in [0.25, 0.3) is 8.38 Å². The first-order valence-corrected chi connectivity index (χ1v) is 7.70. The summed E-state index contributed by atoms with van der Waals surface area (Å²) in [4.78, 5) is 0. The van der Waals surface area contributed by atoms with E-state index in [-0.39, 0.29) is 0 Å². The molecule has 0 heterocycles. The van der Waals surface area contributed by atoms with Crippen LogP contribution in [0.15, 0.2) is 54.6 Å². The molecule has 0 amide bonds. The summed E-state index contributed by atoms with van der Waals surface area (Å²) in [6, 6.07) is 18.2. The predicted molar refractivity (Wildman–Crippen MR) is 81.0 cm³/mol. The topological polar surface area (TPSA) is 18.5 Å². The minimum atomic E-state index is -1.05. The number of rotatable bonds is 6. The molecule has 0 saturated heterocycles. The first-order valence-electron chi connectivity index (χ1n) is 6.52. The Morgan fingerprint density at radius 1 is 0.947 bits per heavy atom. The lowest BCUT2D eigenvalue weighted by Crippen LogP contribution is -2.08. The molecule has 0 aliphatic heterocycles. The van der Waals surface area contributed by atoms with Gasteiger partial charge < -0.3 is 9.05 Å². The SMILES string of the molecule is CCCOP(Oc1ccccc1)c1ccc(C)cc1. The van der Waals surface area contributed by atoms with E-state index in [0.717, 1.165) is 17.5 Å². The number of hydrogen-bond donors (Lipinski definition) is 0. The third kappa shape index (κ3) is 4.34. The van der Waals surface area contributed by atoms with Crippen molar-refractivity contribution in [2.75, 3.05) is 6.61 Å². The molecule has 2 aromatic rings. The van der Waals surface area contributed by atoms with E-state index in [9.17, 15) is 0 Å². The minimum Gasteiger partial charge on any atom is -0.444 e. The van der Waals surface area contributed by atoms with Crippen LogP contribution >= 0.6 is 8.38 Å². The lowest BCUT2D eigenvalue weighted by atomic mass is 10.2. The summed E-state index contributed by atoms with van der Waals surface area (Å²) in [5.74, 6) is 0.852. The summed E-state index contributed by atoms with van der Waals surface area (Å²) < 4.78 is 11.8. The quantitative estimate of drug-likeness (QED) is 0.725. The fraction of sp³-hybridized carbons (Fsp3) is 0.250. The molecule has 0 spiro atoms. The van der Waals surface area contributed by atoms with Crippen molar-refractivity contribution in [2.24, 2.45) is 0 Å². The summed E-state index contributed by atoms with van der Waals surface area (Å²) in [7, 11) is -1.05. The zero-order valence-electron chi connectivity index (χ0n) is 11.4. The van der Waals surface area contributed by atoms with Crippen LogP contribution in [-0.2, 0) is 4.52 Å². The minimum absolute atomic E-state index is 0.715. The normalized spacial score (nSPS) is 12.1. The van der Waals surface area contributed by atoms with Crippen LogP contribution in [0.1, 0.15) is 18.9 Å². The lowest BCUT2D eigenvalue weighted by molar-refractivity contribution is 0.320. The zero-order valence-corrected chi connectivity index (χ0v) is 12.3. The molecular weight excluding hydrogens is 255 g/mol. The monoisotopic (exact) mass is 274 g/mol. The molecule has 0 bridgehead atoms. The Hall–Kier alpha value is -1.37. The average molecular weight is 274 g/mol. The van der Waals surface area contributed by atoms with Crippen LogP contribution in [0.3, 0.4) is 0 Å². The number of hydrogen-bond acceptors (Lipinski definition) is 2. The van der Waals surface area contributed by atoms with E-state index < -0.39 is 8.38 Å². The Kier molecular flexibility index (Phi) is 5.38. The molecular formula is C16H19O2P. The molecule has 0 aliphatic rings. The summed E-state index contributed by atoms with van der Waals surface area (Å²) in [5.41, 5.74) is 1.24. The van der Waals surface area contributed by atoms with Gasteiger partial charge in [0.15, 0.2) is 0 Å². The van der Waals surface area contributed by atoms with Crippen molar-refractivity contribution in [2.45, 2.75) is 20.3 Å². The van der Waals surface area contributed by atoms with Gasteiger partial charge in [-0.2, -0.15) is 0 Å². The molecule has 2 rings (SSSR count). The van der Waals surface area contributed by atoms with E-state index in [1.807, 2.05) is 30.3 Å². The second kappa shape index (κ2) is 7.28. The highest BCUT2D eigenvalue weighted by Crippen LogP contribution is 2.38. The molecule has 0 saturated carbocycles. The lowest BCUT2D eigenvalue weighted by Gasteiger charge is -2.18. The van der Waals surface area contributed by atoms with Crippen LogP contribution in [0.4, 0.5) is 0 Å². The van der Waals surface area contributed by atoms with Gasteiger partial charge >= 0.3 is 0 Å². The molecule has 1 unspecified atom stereocenters. The first-order chi connectivity index (χ1) is 9.29. The average Bonchev–Trinajstić information content (AvgIpc) is 2.45. The molecule has 100 valence electrons. The zero-order chi connectivity index (χ0) is 13.5. The molecule has 2 aromatic carbocycles. The van der Waals surface area contributed by atoms with Crippen molar-refractivity contribution in [1.29, 1.82) is 0 Å². The van der Waals surface area contributed by atoms with Crippen molar-refractivity contribution in [1.82, 2.24) is 0 Å². The Morgan fingerprint density at radius 3 is 2.26 bits per heavy atom. The highest BCUT2D eigenvalue weighted by atomic mass is 31.2. The maximum atomic E-state index is 5.99. The molecule has 0 aliphatic carbocycles. The van der Waals surface area contributed by atoms with Crippen LogP contribution in [0.5, 0.6) is 5.75 Å². The fourth-order valence-electron chi connectivity index (χ4n) is 1.57.